The van der Waals surface area contributed by atoms with Crippen molar-refractivity contribution in [3.63, 3.8) is 0 Å². The van der Waals surface area contributed by atoms with E-state index in [0.29, 0.717) is 16.7 Å². The minimum Gasteiger partial charge on any atom is -0.324 e. The third-order valence-corrected chi connectivity index (χ3v) is 4.22. The summed E-state index contributed by atoms with van der Waals surface area (Å²) in [6, 6.07) is 11.2. The van der Waals surface area contributed by atoms with Gasteiger partial charge in [0.2, 0.25) is 0 Å². The van der Waals surface area contributed by atoms with Crippen molar-refractivity contribution in [1.29, 1.82) is 0 Å². The summed E-state index contributed by atoms with van der Waals surface area (Å²) in [6.45, 7) is 0.0166. The summed E-state index contributed by atoms with van der Waals surface area (Å²) in [5.74, 6) is -0.0580. The Hall–Kier alpha value is -2.84. The number of aromatic nitrogens is 4. The molecule has 8 heteroatoms. The van der Waals surface area contributed by atoms with E-state index < -0.39 is 0 Å². The van der Waals surface area contributed by atoms with E-state index in [9.17, 15) is 9.59 Å². The highest BCUT2D eigenvalue weighted by molar-refractivity contribution is 9.09. The standard InChI is InChI=1S/C9H7BrN2O.C9H9N3O/c2*10-5-8(13)7-6-11-9-3-1-2-4-12(7)9/h1-4,6H,5H2;1-4,6H,5,10H2. The van der Waals surface area contributed by atoms with Crippen molar-refractivity contribution in [3.05, 3.63) is 72.6 Å². The lowest BCUT2D eigenvalue weighted by molar-refractivity contribution is 0.0993. The molecule has 132 valence electrons. The van der Waals surface area contributed by atoms with Crippen LogP contribution in [0, 0.1) is 0 Å². The quantitative estimate of drug-likeness (QED) is 0.409. The molecule has 0 atom stereocenters. The number of halogens is 1. The van der Waals surface area contributed by atoms with Gasteiger partial charge in [-0.3, -0.25) is 18.4 Å². The summed E-state index contributed by atoms with van der Waals surface area (Å²) in [7, 11) is 0. The molecule has 0 aliphatic carbocycles. The third-order valence-electron chi connectivity index (χ3n) is 3.71. The zero-order chi connectivity index (χ0) is 18.5. The Kier molecular flexibility index (Phi) is 5.55. The summed E-state index contributed by atoms with van der Waals surface area (Å²) in [4.78, 5) is 30.9. The molecule has 0 aromatic carbocycles. The summed E-state index contributed by atoms with van der Waals surface area (Å²) < 4.78 is 3.51. The molecule has 0 bridgehead atoms. The molecule has 0 saturated carbocycles. The number of fused-ring (bicyclic) bond motifs is 2. The highest BCUT2D eigenvalue weighted by atomic mass is 79.9. The second-order valence-electron chi connectivity index (χ2n) is 5.33. The SMILES string of the molecule is NCC(=O)c1cnc2ccccn12.O=C(CBr)c1cnc2ccccn12. The molecule has 4 heterocycles. The lowest BCUT2D eigenvalue weighted by atomic mass is 10.3. The van der Waals surface area contributed by atoms with Gasteiger partial charge < -0.3 is 5.73 Å². The number of Topliss-reactive ketones (excluding diaryl/α,β-unsaturated/α-hetero) is 2. The van der Waals surface area contributed by atoms with E-state index in [1.165, 1.54) is 0 Å². The summed E-state index contributed by atoms with van der Waals surface area (Å²) >= 11 is 3.13. The Morgan fingerprint density at radius 2 is 1.38 bits per heavy atom. The normalized spacial score (nSPS) is 10.5. The minimum atomic E-state index is -0.0984. The van der Waals surface area contributed by atoms with Gasteiger partial charge in [0, 0.05) is 12.4 Å². The molecule has 0 unspecified atom stereocenters. The van der Waals surface area contributed by atoms with Crippen LogP contribution in [0.3, 0.4) is 0 Å². The number of nitrogens with two attached hydrogens (primary N) is 1. The lowest BCUT2D eigenvalue weighted by Crippen LogP contribution is -2.15. The van der Waals surface area contributed by atoms with Gasteiger partial charge in [-0.1, -0.05) is 28.1 Å². The number of hydrogen-bond donors (Lipinski definition) is 1. The molecular weight excluding hydrogens is 398 g/mol. The van der Waals surface area contributed by atoms with E-state index in [2.05, 4.69) is 25.9 Å². The monoisotopic (exact) mass is 413 g/mol. The maximum atomic E-state index is 11.4. The van der Waals surface area contributed by atoms with Crippen molar-refractivity contribution in [2.75, 3.05) is 11.9 Å². The Morgan fingerprint density at radius 3 is 1.85 bits per heavy atom. The van der Waals surface area contributed by atoms with Crippen LogP contribution in [0.2, 0.25) is 0 Å². The van der Waals surface area contributed by atoms with Crippen LogP contribution in [0.25, 0.3) is 11.3 Å². The molecule has 4 aromatic rings. The number of ketones is 2. The molecule has 0 fully saturated rings. The van der Waals surface area contributed by atoms with Crippen molar-refractivity contribution in [1.82, 2.24) is 18.8 Å². The zero-order valence-electron chi connectivity index (χ0n) is 13.7. The van der Waals surface area contributed by atoms with E-state index in [0.717, 1.165) is 11.3 Å². The smallest absolute Gasteiger partial charge is 0.194 e. The Labute approximate surface area is 157 Å². The van der Waals surface area contributed by atoms with E-state index in [1.807, 2.05) is 42.6 Å². The van der Waals surface area contributed by atoms with Crippen molar-refractivity contribution in [2.45, 2.75) is 0 Å². The van der Waals surface area contributed by atoms with Gasteiger partial charge in [-0.15, -0.1) is 0 Å². The van der Waals surface area contributed by atoms with E-state index in [1.54, 1.807) is 27.4 Å². The highest BCUT2D eigenvalue weighted by Gasteiger charge is 2.09. The van der Waals surface area contributed by atoms with Gasteiger partial charge in [-0.25, -0.2) is 9.97 Å². The number of carbonyl (C=O) groups is 2. The third kappa shape index (κ3) is 3.56. The Bertz CT molecular complexity index is 984. The first kappa shape index (κ1) is 18.0. The first-order valence-electron chi connectivity index (χ1n) is 7.82. The molecule has 4 rings (SSSR count). The molecule has 0 saturated heterocycles. The zero-order valence-corrected chi connectivity index (χ0v) is 15.3. The lowest BCUT2D eigenvalue weighted by Gasteiger charge is -1.96. The van der Waals surface area contributed by atoms with E-state index in [-0.39, 0.29) is 18.1 Å². The largest absolute Gasteiger partial charge is 0.324 e. The van der Waals surface area contributed by atoms with Crippen LogP contribution in [-0.2, 0) is 0 Å². The number of rotatable bonds is 4. The molecule has 0 aliphatic rings. The number of carbonyl (C=O) groups excluding carboxylic acids is 2. The van der Waals surface area contributed by atoms with Crippen LogP contribution in [0.4, 0.5) is 0 Å². The van der Waals surface area contributed by atoms with Crippen LogP contribution in [0.1, 0.15) is 21.0 Å². The summed E-state index contributed by atoms with van der Waals surface area (Å²) in [6.07, 6.45) is 6.77. The Balaban J connectivity index is 0.000000151. The topological polar surface area (TPSA) is 94.8 Å². The van der Waals surface area contributed by atoms with Gasteiger partial charge >= 0.3 is 0 Å². The number of nitrogens with zero attached hydrogens (tertiary/aromatic N) is 4. The first-order chi connectivity index (χ1) is 12.7. The molecule has 7 nitrogen and oxygen atoms in total. The second-order valence-corrected chi connectivity index (χ2v) is 5.89. The van der Waals surface area contributed by atoms with Crippen molar-refractivity contribution in [2.24, 2.45) is 5.73 Å². The predicted molar refractivity (Wildman–Crippen MR) is 102 cm³/mol. The molecule has 0 amide bonds. The molecule has 0 spiro atoms. The fourth-order valence-corrected chi connectivity index (χ4v) is 2.74. The van der Waals surface area contributed by atoms with Crippen molar-refractivity contribution >= 4 is 38.8 Å². The number of pyridine rings is 2. The fraction of sp³-hybridized carbons (Fsp3) is 0.111. The van der Waals surface area contributed by atoms with Gasteiger partial charge in [0.05, 0.1) is 24.3 Å². The van der Waals surface area contributed by atoms with E-state index in [4.69, 9.17) is 5.73 Å². The highest BCUT2D eigenvalue weighted by Crippen LogP contribution is 2.08. The van der Waals surface area contributed by atoms with Crippen LogP contribution in [-0.4, -0.2) is 42.2 Å². The van der Waals surface area contributed by atoms with Gasteiger partial charge in [0.15, 0.2) is 11.6 Å². The predicted octanol–water partition coefficient (Wildman–Crippen LogP) is 2.39. The summed E-state index contributed by atoms with van der Waals surface area (Å²) in [5, 5.41) is 0.329. The number of alkyl halides is 1. The molecule has 26 heavy (non-hydrogen) atoms. The number of imidazole rings is 2. The van der Waals surface area contributed by atoms with Gasteiger partial charge in [-0.05, 0) is 24.3 Å². The molecule has 0 radical (unpaired) electrons. The van der Waals surface area contributed by atoms with Crippen LogP contribution in [0.15, 0.2) is 61.2 Å². The minimum absolute atomic E-state index is 0.0166. The van der Waals surface area contributed by atoms with E-state index >= 15 is 0 Å². The van der Waals surface area contributed by atoms with Crippen LogP contribution in [0.5, 0.6) is 0 Å². The maximum absolute atomic E-state index is 11.4. The average molecular weight is 414 g/mol. The second kappa shape index (κ2) is 8.03. The van der Waals surface area contributed by atoms with Crippen molar-refractivity contribution in [3.8, 4) is 0 Å². The summed E-state index contributed by atoms with van der Waals surface area (Å²) in [5.41, 5.74) is 7.98. The van der Waals surface area contributed by atoms with Crippen LogP contribution >= 0.6 is 15.9 Å². The Morgan fingerprint density at radius 1 is 0.885 bits per heavy atom. The van der Waals surface area contributed by atoms with Crippen LogP contribution < -0.4 is 5.73 Å². The molecule has 4 aromatic heterocycles. The molecule has 2 N–H and O–H groups in total. The maximum Gasteiger partial charge on any atom is 0.194 e. The first-order valence-corrected chi connectivity index (χ1v) is 8.94. The van der Waals surface area contributed by atoms with Gasteiger partial charge in [0.25, 0.3) is 0 Å². The van der Waals surface area contributed by atoms with Gasteiger partial charge in [-0.2, -0.15) is 0 Å². The fourth-order valence-electron chi connectivity index (χ4n) is 2.45. The van der Waals surface area contributed by atoms with Crippen molar-refractivity contribution < 1.29 is 9.59 Å². The van der Waals surface area contributed by atoms with Gasteiger partial charge in [0.1, 0.15) is 22.7 Å². The molecular formula is C18H16BrN5O2. The molecule has 0 aliphatic heterocycles. The number of hydrogen-bond acceptors (Lipinski definition) is 5. The average Bonchev–Trinajstić information content (AvgIpc) is 3.31.